The van der Waals surface area contributed by atoms with Crippen LogP contribution in [-0.2, 0) is 5.41 Å². The van der Waals surface area contributed by atoms with Gasteiger partial charge in [-0.15, -0.1) is 0 Å². The van der Waals surface area contributed by atoms with Crippen LogP contribution in [0, 0.1) is 0 Å². The van der Waals surface area contributed by atoms with Gasteiger partial charge in [-0.2, -0.15) is 5.10 Å². The van der Waals surface area contributed by atoms with Gasteiger partial charge in [0, 0.05) is 18.2 Å². The number of rotatable bonds is 4. The maximum absolute atomic E-state index is 5.84. The monoisotopic (exact) mass is 335 g/mol. The largest absolute Gasteiger partial charge is 0.330 e. The van der Waals surface area contributed by atoms with Crippen LogP contribution in [-0.4, -0.2) is 16.3 Å². The van der Waals surface area contributed by atoms with Crippen molar-refractivity contribution in [1.29, 1.82) is 0 Å². The molecule has 20 heavy (non-hydrogen) atoms. The quantitative estimate of drug-likeness (QED) is 0.917. The second kappa shape index (κ2) is 5.70. The Balaban J connectivity index is 2.37. The van der Waals surface area contributed by atoms with Crippen LogP contribution in [0.15, 0.2) is 34.9 Å². The van der Waals surface area contributed by atoms with Crippen LogP contribution in [0.4, 0.5) is 0 Å². The minimum absolute atomic E-state index is 0.137. The Labute approximate surface area is 129 Å². The molecule has 1 aromatic carbocycles. The molecule has 3 nitrogen and oxygen atoms in total. The maximum Gasteiger partial charge on any atom is 0.0839 e. The SMILES string of the molecule is CC(C)c1ccc(-n2cc(Br)c(C(C)(C)CN)n2)cc1. The number of nitrogens with two attached hydrogens (primary N) is 1. The average Bonchev–Trinajstić information content (AvgIpc) is 2.81. The summed E-state index contributed by atoms with van der Waals surface area (Å²) in [5, 5.41) is 4.69. The molecule has 0 radical (unpaired) electrons. The number of benzene rings is 1. The van der Waals surface area contributed by atoms with Gasteiger partial charge in [0.25, 0.3) is 0 Å². The molecule has 2 rings (SSSR count). The summed E-state index contributed by atoms with van der Waals surface area (Å²) in [7, 11) is 0. The van der Waals surface area contributed by atoms with E-state index >= 15 is 0 Å². The first-order valence-corrected chi connectivity index (χ1v) is 7.70. The van der Waals surface area contributed by atoms with Gasteiger partial charge in [-0.3, -0.25) is 0 Å². The second-order valence-corrected chi connectivity index (χ2v) is 6.96. The van der Waals surface area contributed by atoms with Gasteiger partial charge in [0.05, 0.1) is 15.9 Å². The molecule has 0 atom stereocenters. The van der Waals surface area contributed by atoms with E-state index in [1.807, 2.05) is 10.9 Å². The molecule has 0 aliphatic rings. The summed E-state index contributed by atoms with van der Waals surface area (Å²) in [6, 6.07) is 8.52. The summed E-state index contributed by atoms with van der Waals surface area (Å²) in [4.78, 5) is 0. The molecule has 0 amide bonds. The van der Waals surface area contributed by atoms with Gasteiger partial charge in [-0.25, -0.2) is 4.68 Å². The van der Waals surface area contributed by atoms with E-state index in [1.165, 1.54) is 5.56 Å². The number of halogens is 1. The lowest BCUT2D eigenvalue weighted by molar-refractivity contribution is 0.513. The van der Waals surface area contributed by atoms with Gasteiger partial charge in [0.2, 0.25) is 0 Å². The van der Waals surface area contributed by atoms with Gasteiger partial charge in [-0.05, 0) is 39.5 Å². The fourth-order valence-electron chi connectivity index (χ4n) is 2.05. The first-order valence-electron chi connectivity index (χ1n) is 6.91. The molecule has 0 aliphatic carbocycles. The molecular formula is C16H22BrN3. The summed E-state index contributed by atoms with van der Waals surface area (Å²) < 4.78 is 2.90. The number of aromatic nitrogens is 2. The highest BCUT2D eigenvalue weighted by molar-refractivity contribution is 9.10. The van der Waals surface area contributed by atoms with Crippen LogP contribution in [0.5, 0.6) is 0 Å². The lowest BCUT2D eigenvalue weighted by atomic mass is 9.90. The third-order valence-electron chi connectivity index (χ3n) is 3.65. The highest BCUT2D eigenvalue weighted by atomic mass is 79.9. The molecule has 0 fully saturated rings. The van der Waals surface area contributed by atoms with Crippen LogP contribution in [0.2, 0.25) is 0 Å². The Kier molecular flexibility index (Phi) is 4.35. The Morgan fingerprint density at radius 3 is 2.35 bits per heavy atom. The van der Waals surface area contributed by atoms with E-state index in [9.17, 15) is 0 Å². The highest BCUT2D eigenvalue weighted by Crippen LogP contribution is 2.29. The lowest BCUT2D eigenvalue weighted by Gasteiger charge is -2.20. The van der Waals surface area contributed by atoms with E-state index in [-0.39, 0.29) is 5.41 Å². The molecule has 0 saturated carbocycles. The van der Waals surface area contributed by atoms with Crippen molar-refractivity contribution in [2.45, 2.75) is 39.0 Å². The molecule has 0 spiro atoms. The molecule has 0 bridgehead atoms. The van der Waals surface area contributed by atoms with Crippen molar-refractivity contribution in [2.24, 2.45) is 5.73 Å². The first kappa shape index (κ1) is 15.3. The lowest BCUT2D eigenvalue weighted by Crippen LogP contribution is -2.29. The van der Waals surface area contributed by atoms with Crippen molar-refractivity contribution < 1.29 is 0 Å². The third-order valence-corrected chi connectivity index (χ3v) is 4.23. The summed E-state index contributed by atoms with van der Waals surface area (Å²) >= 11 is 3.59. The molecule has 2 N–H and O–H groups in total. The van der Waals surface area contributed by atoms with Gasteiger partial charge in [0.1, 0.15) is 0 Å². The minimum atomic E-state index is -0.137. The van der Waals surface area contributed by atoms with E-state index in [1.54, 1.807) is 0 Å². The summed E-state index contributed by atoms with van der Waals surface area (Å²) in [6.07, 6.45) is 2.00. The van der Waals surface area contributed by atoms with E-state index in [2.05, 4.69) is 73.0 Å². The zero-order valence-corrected chi connectivity index (χ0v) is 14.1. The van der Waals surface area contributed by atoms with Crippen LogP contribution < -0.4 is 5.73 Å². The summed E-state index contributed by atoms with van der Waals surface area (Å²) in [5.41, 5.74) is 9.09. The molecule has 0 saturated heterocycles. The van der Waals surface area contributed by atoms with E-state index < -0.39 is 0 Å². The number of hydrogen-bond donors (Lipinski definition) is 1. The molecule has 1 aromatic heterocycles. The topological polar surface area (TPSA) is 43.8 Å². The third kappa shape index (κ3) is 2.96. The van der Waals surface area contributed by atoms with Crippen molar-refractivity contribution in [3.05, 3.63) is 46.2 Å². The standard InChI is InChI=1S/C16H22BrN3/c1-11(2)12-5-7-13(8-6-12)20-9-14(17)15(19-20)16(3,4)10-18/h5-9,11H,10,18H2,1-4H3. The second-order valence-electron chi connectivity index (χ2n) is 6.10. The normalized spacial score (nSPS) is 12.2. The van der Waals surface area contributed by atoms with Crippen molar-refractivity contribution in [3.63, 3.8) is 0 Å². The molecule has 2 aromatic rings. The van der Waals surface area contributed by atoms with Crippen molar-refractivity contribution in [1.82, 2.24) is 9.78 Å². The maximum atomic E-state index is 5.84. The van der Waals surface area contributed by atoms with E-state index in [0.29, 0.717) is 12.5 Å². The molecule has 4 heteroatoms. The Morgan fingerprint density at radius 2 is 1.85 bits per heavy atom. The molecular weight excluding hydrogens is 314 g/mol. The van der Waals surface area contributed by atoms with E-state index in [4.69, 9.17) is 5.73 Å². The predicted molar refractivity (Wildman–Crippen MR) is 87.4 cm³/mol. The van der Waals surface area contributed by atoms with Crippen LogP contribution in [0.25, 0.3) is 5.69 Å². The average molecular weight is 336 g/mol. The van der Waals surface area contributed by atoms with E-state index in [0.717, 1.165) is 15.9 Å². The molecule has 1 heterocycles. The predicted octanol–water partition coefficient (Wildman–Crippen LogP) is 3.99. The number of nitrogens with zero attached hydrogens (tertiary/aromatic N) is 2. The molecule has 108 valence electrons. The van der Waals surface area contributed by atoms with Gasteiger partial charge in [0.15, 0.2) is 0 Å². The minimum Gasteiger partial charge on any atom is -0.330 e. The van der Waals surface area contributed by atoms with Gasteiger partial charge < -0.3 is 5.73 Å². The zero-order chi connectivity index (χ0) is 14.9. The molecule has 0 aliphatic heterocycles. The zero-order valence-electron chi connectivity index (χ0n) is 12.5. The van der Waals surface area contributed by atoms with Crippen molar-refractivity contribution in [3.8, 4) is 5.69 Å². The van der Waals surface area contributed by atoms with Crippen LogP contribution >= 0.6 is 15.9 Å². The highest BCUT2D eigenvalue weighted by Gasteiger charge is 2.25. The van der Waals surface area contributed by atoms with Gasteiger partial charge in [-0.1, -0.05) is 39.8 Å². The van der Waals surface area contributed by atoms with Crippen LogP contribution in [0.3, 0.4) is 0 Å². The smallest absolute Gasteiger partial charge is 0.0839 e. The fourth-order valence-corrected chi connectivity index (χ4v) is 2.86. The molecule has 0 unspecified atom stereocenters. The fraction of sp³-hybridized carbons (Fsp3) is 0.438. The Bertz CT molecular complexity index is 582. The summed E-state index contributed by atoms with van der Waals surface area (Å²) in [5.74, 6) is 0.542. The number of hydrogen-bond acceptors (Lipinski definition) is 2. The summed E-state index contributed by atoms with van der Waals surface area (Å²) in [6.45, 7) is 9.16. The Morgan fingerprint density at radius 1 is 1.25 bits per heavy atom. The van der Waals surface area contributed by atoms with Crippen LogP contribution in [0.1, 0.15) is 44.9 Å². The van der Waals surface area contributed by atoms with Crippen molar-refractivity contribution in [2.75, 3.05) is 6.54 Å². The van der Waals surface area contributed by atoms with Crippen molar-refractivity contribution >= 4 is 15.9 Å². The Hall–Kier alpha value is -1.13. The first-order chi connectivity index (χ1) is 9.35. The van der Waals surface area contributed by atoms with Gasteiger partial charge >= 0.3 is 0 Å².